The second-order valence-corrected chi connectivity index (χ2v) is 2.97. The van der Waals surface area contributed by atoms with Gasteiger partial charge in [-0.25, -0.2) is 4.98 Å². The zero-order chi connectivity index (χ0) is 11.4. The lowest BCUT2D eigenvalue weighted by atomic mass is 10.2. The second kappa shape index (κ2) is 4.56. The molecule has 1 rings (SSSR count). The van der Waals surface area contributed by atoms with E-state index in [2.05, 4.69) is 15.3 Å². The summed E-state index contributed by atoms with van der Waals surface area (Å²) < 4.78 is 0. The number of aromatic amines is 1. The van der Waals surface area contributed by atoms with Gasteiger partial charge in [0.2, 0.25) is 0 Å². The lowest BCUT2D eigenvalue weighted by Gasteiger charge is -2.01. The summed E-state index contributed by atoms with van der Waals surface area (Å²) in [4.78, 5) is 28.1. The van der Waals surface area contributed by atoms with Crippen LogP contribution in [0.4, 0.5) is 0 Å². The van der Waals surface area contributed by atoms with Gasteiger partial charge in [-0.3, -0.25) is 9.59 Å². The molecule has 5 N–H and O–H groups in total. The molecule has 0 saturated carbocycles. The van der Waals surface area contributed by atoms with Crippen LogP contribution < -0.4 is 11.1 Å². The van der Waals surface area contributed by atoms with Gasteiger partial charge in [0, 0.05) is 19.7 Å². The quantitative estimate of drug-likeness (QED) is 0.495. The van der Waals surface area contributed by atoms with Crippen molar-refractivity contribution < 1.29 is 14.7 Å². The van der Waals surface area contributed by atoms with Crippen LogP contribution in [0.1, 0.15) is 16.3 Å². The highest BCUT2D eigenvalue weighted by Crippen LogP contribution is 2.00. The molecule has 15 heavy (non-hydrogen) atoms. The summed E-state index contributed by atoms with van der Waals surface area (Å²) in [5, 5.41) is 11.0. The minimum atomic E-state index is -1.10. The number of hydrogen-bond acceptors (Lipinski definition) is 4. The summed E-state index contributed by atoms with van der Waals surface area (Å²) in [5.74, 6) is -1.31. The van der Waals surface area contributed by atoms with Gasteiger partial charge >= 0.3 is 5.97 Å². The lowest BCUT2D eigenvalue weighted by molar-refractivity contribution is -0.138. The molecular formula is C8H12N4O3. The fourth-order valence-electron chi connectivity index (χ4n) is 1.01. The van der Waals surface area contributed by atoms with Gasteiger partial charge in [-0.15, -0.1) is 0 Å². The molecule has 1 aromatic rings. The second-order valence-electron chi connectivity index (χ2n) is 2.97. The molecule has 0 aliphatic rings. The largest absolute Gasteiger partial charge is 0.480 e. The molecule has 0 saturated heterocycles. The van der Waals surface area contributed by atoms with E-state index in [0.29, 0.717) is 5.69 Å². The van der Waals surface area contributed by atoms with Gasteiger partial charge in [0.25, 0.3) is 5.91 Å². The number of carbonyl (C=O) groups is 2. The minimum Gasteiger partial charge on any atom is -0.480 e. The highest BCUT2D eigenvalue weighted by molar-refractivity contribution is 5.90. The Kier molecular flexibility index (Phi) is 3.40. The Morgan fingerprint density at radius 1 is 1.73 bits per heavy atom. The maximum absolute atomic E-state index is 11.1. The summed E-state index contributed by atoms with van der Waals surface area (Å²) in [6.07, 6.45) is 1.55. The number of imidazole rings is 1. The summed E-state index contributed by atoms with van der Waals surface area (Å²) >= 11 is 0. The van der Waals surface area contributed by atoms with Gasteiger partial charge in [-0.2, -0.15) is 0 Å². The molecule has 0 radical (unpaired) electrons. The van der Waals surface area contributed by atoms with Crippen molar-refractivity contribution >= 4 is 11.9 Å². The Morgan fingerprint density at radius 2 is 2.40 bits per heavy atom. The number of aliphatic carboxylic acids is 1. The van der Waals surface area contributed by atoms with Gasteiger partial charge in [-0.1, -0.05) is 0 Å². The van der Waals surface area contributed by atoms with E-state index in [1.54, 1.807) is 0 Å². The first-order valence-electron chi connectivity index (χ1n) is 4.29. The molecule has 1 heterocycles. The maximum Gasteiger partial charge on any atom is 0.320 e. The van der Waals surface area contributed by atoms with Crippen LogP contribution in [0.5, 0.6) is 0 Å². The van der Waals surface area contributed by atoms with Crippen molar-refractivity contribution in [2.45, 2.75) is 12.5 Å². The molecule has 7 heteroatoms. The number of rotatable bonds is 4. The number of hydrogen-bond donors (Lipinski definition) is 4. The molecule has 7 nitrogen and oxygen atoms in total. The third kappa shape index (κ3) is 2.78. The molecule has 1 amide bonds. The monoisotopic (exact) mass is 212 g/mol. The SMILES string of the molecule is CNC(=O)c1nc(C[C@H](N)C(=O)O)c[nH]1. The van der Waals surface area contributed by atoms with Crippen LogP contribution >= 0.6 is 0 Å². The number of nitrogens with one attached hydrogen (secondary N) is 2. The van der Waals surface area contributed by atoms with Crippen molar-refractivity contribution in [2.75, 3.05) is 7.05 Å². The van der Waals surface area contributed by atoms with Gasteiger partial charge < -0.3 is 21.1 Å². The Balaban J connectivity index is 2.68. The van der Waals surface area contributed by atoms with Crippen LogP contribution in [0, 0.1) is 0 Å². The standard InChI is InChI=1S/C8H12N4O3/c1-10-7(13)6-11-3-4(12-6)2-5(9)8(14)15/h3,5H,2,9H2,1H3,(H,10,13)(H,11,12)(H,14,15)/t5-/m0/s1. The molecule has 0 aromatic carbocycles. The van der Waals surface area contributed by atoms with E-state index in [-0.39, 0.29) is 18.2 Å². The van der Waals surface area contributed by atoms with E-state index < -0.39 is 12.0 Å². The number of nitrogens with two attached hydrogens (primary N) is 1. The molecule has 0 aliphatic carbocycles. The van der Waals surface area contributed by atoms with E-state index in [1.807, 2.05) is 0 Å². The van der Waals surface area contributed by atoms with Gasteiger partial charge in [0.15, 0.2) is 5.82 Å². The number of amides is 1. The molecule has 1 atom stereocenters. The number of carbonyl (C=O) groups excluding carboxylic acids is 1. The highest BCUT2D eigenvalue weighted by atomic mass is 16.4. The Morgan fingerprint density at radius 3 is 2.93 bits per heavy atom. The van der Waals surface area contributed by atoms with Gasteiger partial charge in [0.1, 0.15) is 6.04 Å². The Hall–Kier alpha value is -1.89. The van der Waals surface area contributed by atoms with Crippen LogP contribution in [0.2, 0.25) is 0 Å². The van der Waals surface area contributed by atoms with Crippen LogP contribution in [0.15, 0.2) is 6.20 Å². The summed E-state index contributed by atoms with van der Waals surface area (Å²) in [6, 6.07) is -1.01. The molecule has 1 aromatic heterocycles. The molecule has 82 valence electrons. The van der Waals surface area contributed by atoms with Crippen molar-refractivity contribution in [1.29, 1.82) is 0 Å². The summed E-state index contributed by atoms with van der Waals surface area (Å²) in [5.41, 5.74) is 5.76. The summed E-state index contributed by atoms with van der Waals surface area (Å²) in [6.45, 7) is 0. The number of H-pyrrole nitrogens is 1. The molecule has 0 spiro atoms. The van der Waals surface area contributed by atoms with Crippen molar-refractivity contribution in [1.82, 2.24) is 15.3 Å². The first-order chi connectivity index (χ1) is 7.04. The predicted octanol–water partition coefficient (Wildman–Crippen LogP) is -1.28. The zero-order valence-electron chi connectivity index (χ0n) is 8.15. The molecule has 0 bridgehead atoms. The van der Waals surface area contributed by atoms with Crippen molar-refractivity contribution in [3.8, 4) is 0 Å². The number of aromatic nitrogens is 2. The van der Waals surface area contributed by atoms with Crippen LogP contribution in [-0.4, -0.2) is 40.0 Å². The van der Waals surface area contributed by atoms with Crippen LogP contribution in [-0.2, 0) is 11.2 Å². The van der Waals surface area contributed by atoms with E-state index in [1.165, 1.54) is 13.2 Å². The summed E-state index contributed by atoms with van der Waals surface area (Å²) in [7, 11) is 1.48. The number of carboxylic acid groups (broad SMARTS) is 1. The third-order valence-electron chi connectivity index (χ3n) is 1.82. The van der Waals surface area contributed by atoms with Crippen molar-refractivity contribution in [3.05, 3.63) is 17.7 Å². The molecule has 0 fully saturated rings. The fraction of sp³-hybridized carbons (Fsp3) is 0.375. The van der Waals surface area contributed by atoms with Crippen molar-refractivity contribution in [3.63, 3.8) is 0 Å². The third-order valence-corrected chi connectivity index (χ3v) is 1.82. The number of nitrogens with zero attached hydrogens (tertiary/aromatic N) is 1. The minimum absolute atomic E-state index is 0.0861. The predicted molar refractivity (Wildman–Crippen MR) is 51.3 cm³/mol. The first kappa shape index (κ1) is 11.2. The highest BCUT2D eigenvalue weighted by Gasteiger charge is 2.15. The number of carboxylic acids is 1. The molecular weight excluding hydrogens is 200 g/mol. The fourth-order valence-corrected chi connectivity index (χ4v) is 1.01. The zero-order valence-corrected chi connectivity index (χ0v) is 8.15. The van der Waals surface area contributed by atoms with E-state index in [9.17, 15) is 9.59 Å². The van der Waals surface area contributed by atoms with E-state index in [4.69, 9.17) is 10.8 Å². The maximum atomic E-state index is 11.1. The normalized spacial score (nSPS) is 12.1. The Bertz CT molecular complexity index is 374. The molecule has 0 aliphatic heterocycles. The van der Waals surface area contributed by atoms with Crippen molar-refractivity contribution in [2.24, 2.45) is 5.73 Å². The van der Waals surface area contributed by atoms with Crippen LogP contribution in [0.3, 0.4) is 0 Å². The van der Waals surface area contributed by atoms with Gasteiger partial charge in [-0.05, 0) is 0 Å². The van der Waals surface area contributed by atoms with Crippen LogP contribution in [0.25, 0.3) is 0 Å². The lowest BCUT2D eigenvalue weighted by Crippen LogP contribution is -2.32. The molecule has 0 unspecified atom stereocenters. The Labute approximate surface area is 85.7 Å². The van der Waals surface area contributed by atoms with E-state index in [0.717, 1.165) is 0 Å². The average molecular weight is 212 g/mol. The smallest absolute Gasteiger partial charge is 0.320 e. The van der Waals surface area contributed by atoms with E-state index >= 15 is 0 Å². The van der Waals surface area contributed by atoms with Gasteiger partial charge in [0.05, 0.1) is 5.69 Å². The topological polar surface area (TPSA) is 121 Å². The average Bonchev–Trinajstić information content (AvgIpc) is 2.65. The first-order valence-corrected chi connectivity index (χ1v) is 4.29.